The largest absolute Gasteiger partial charge is 0.481 e. The molecule has 2 aliphatic heterocycles. The molecule has 13 N–H and O–H groups in total. The minimum absolute atomic E-state index is 0.00425. The number of hydrogen-bond donors (Lipinski definition) is 10. The summed E-state index contributed by atoms with van der Waals surface area (Å²) in [6, 6.07) is 0. The molecular formula is C35H67N17O4. The van der Waals surface area contributed by atoms with Crippen molar-refractivity contribution in [2.75, 3.05) is 32.7 Å². The summed E-state index contributed by atoms with van der Waals surface area (Å²) < 4.78 is 0. The highest BCUT2D eigenvalue weighted by Crippen LogP contribution is 2.21. The molecule has 21 heteroatoms. The van der Waals surface area contributed by atoms with E-state index >= 15 is 0 Å². The van der Waals surface area contributed by atoms with E-state index in [1.54, 1.807) is 55.4 Å². The quantitative estimate of drug-likeness (QED) is 0.0513. The summed E-state index contributed by atoms with van der Waals surface area (Å²) in [4.78, 5) is 33.8. The third-order valence-electron chi connectivity index (χ3n) is 8.27. The SMILES string of the molecule is CC(C)(N=NC(C)(C)C(=N)N)C(=N)N.CC(C)(N=NC(C)(C)C(N)=NCCC(=O)O)C(=N)CCCC(=O)O.CC(C)(N=NC(C)(C)C1=NCCN1)C1=NCCN1. The van der Waals surface area contributed by atoms with Crippen LogP contribution in [0.2, 0.25) is 0 Å². The van der Waals surface area contributed by atoms with Crippen molar-refractivity contribution in [3.8, 4) is 0 Å². The number of carbonyl (C=O) groups is 2. The Kier molecular flexibility index (Phi) is 19.2. The third kappa shape index (κ3) is 18.4. The number of hydrogen-bond acceptors (Lipinski definition) is 16. The molecule has 0 aliphatic carbocycles. The van der Waals surface area contributed by atoms with E-state index in [4.69, 9.17) is 43.6 Å². The molecule has 0 spiro atoms. The Labute approximate surface area is 330 Å². The molecular weight excluding hydrogens is 722 g/mol. The second-order valence-electron chi connectivity index (χ2n) is 16.2. The fourth-order valence-corrected chi connectivity index (χ4v) is 3.87. The maximum absolute atomic E-state index is 10.5. The molecule has 0 unspecified atom stereocenters. The van der Waals surface area contributed by atoms with Crippen LogP contribution in [0.15, 0.2) is 45.7 Å². The van der Waals surface area contributed by atoms with Gasteiger partial charge in [0.25, 0.3) is 0 Å². The van der Waals surface area contributed by atoms with Gasteiger partial charge < -0.3 is 43.5 Å². The molecule has 0 atom stereocenters. The summed E-state index contributed by atoms with van der Waals surface area (Å²) in [6.07, 6.45) is 0.578. The summed E-state index contributed by atoms with van der Waals surface area (Å²) in [5.41, 5.74) is 12.5. The van der Waals surface area contributed by atoms with Gasteiger partial charge in [-0.2, -0.15) is 30.7 Å². The summed E-state index contributed by atoms with van der Waals surface area (Å²) in [5, 5.41) is 71.3. The predicted molar refractivity (Wildman–Crippen MR) is 221 cm³/mol. The Morgan fingerprint density at radius 3 is 1.32 bits per heavy atom. The number of nitrogens with two attached hydrogens (primary N) is 3. The van der Waals surface area contributed by atoms with Crippen LogP contribution in [0.3, 0.4) is 0 Å². The molecule has 316 valence electrons. The second-order valence-corrected chi connectivity index (χ2v) is 16.2. The van der Waals surface area contributed by atoms with Crippen LogP contribution in [0, 0.1) is 16.2 Å². The molecule has 0 saturated heterocycles. The van der Waals surface area contributed by atoms with Crippen LogP contribution in [-0.2, 0) is 9.59 Å². The van der Waals surface area contributed by atoms with Gasteiger partial charge in [0.2, 0.25) is 0 Å². The lowest BCUT2D eigenvalue weighted by atomic mass is 9.95. The van der Waals surface area contributed by atoms with E-state index in [9.17, 15) is 9.59 Å². The molecule has 0 aromatic carbocycles. The number of amidine groups is 5. The summed E-state index contributed by atoms with van der Waals surface area (Å²) in [7, 11) is 0. The van der Waals surface area contributed by atoms with E-state index in [0.29, 0.717) is 12.8 Å². The topological polar surface area (TPSA) is 360 Å². The van der Waals surface area contributed by atoms with Gasteiger partial charge >= 0.3 is 11.9 Å². The number of aliphatic carboxylic acids is 2. The van der Waals surface area contributed by atoms with Gasteiger partial charge in [0.1, 0.15) is 62.4 Å². The van der Waals surface area contributed by atoms with Gasteiger partial charge in [-0.05, 0) is 95.9 Å². The number of carboxylic acid groups (broad SMARTS) is 2. The van der Waals surface area contributed by atoms with Crippen LogP contribution < -0.4 is 27.8 Å². The van der Waals surface area contributed by atoms with Crippen LogP contribution in [0.5, 0.6) is 0 Å². The number of nitrogens with zero attached hydrogens (tertiary/aromatic N) is 9. The van der Waals surface area contributed by atoms with E-state index < -0.39 is 45.2 Å². The fourth-order valence-electron chi connectivity index (χ4n) is 3.87. The maximum atomic E-state index is 10.5. The van der Waals surface area contributed by atoms with Crippen LogP contribution in [0.1, 0.15) is 109 Å². The first-order chi connectivity index (χ1) is 25.4. The Hall–Kier alpha value is -5.24. The summed E-state index contributed by atoms with van der Waals surface area (Å²) >= 11 is 0. The highest BCUT2D eigenvalue weighted by molar-refractivity contribution is 5.93. The number of azo groups is 3. The van der Waals surface area contributed by atoms with Crippen molar-refractivity contribution in [2.24, 2.45) is 62.9 Å². The minimum atomic E-state index is -0.957. The van der Waals surface area contributed by atoms with Gasteiger partial charge in [0.05, 0.1) is 26.1 Å². The van der Waals surface area contributed by atoms with Crippen molar-refractivity contribution in [1.82, 2.24) is 10.6 Å². The van der Waals surface area contributed by atoms with Crippen LogP contribution in [-0.4, -0.2) is 123 Å². The molecule has 0 aromatic rings. The standard InChI is InChI=1S/C15H27N5O4.C12H22N6.C8H18N6/c1-14(2,10(16)6-5-7-11(21)22)19-20-15(3,4)13(17)18-9-8-12(23)24;1-11(2,9-13-5-6-14-9)17-18-12(3,4)10-15-7-8-16-10;1-7(2,5(9)10)13-14-8(3,4)6(11)12/h16H,5-9H2,1-4H3,(H2,17,18)(H,21,22)(H,23,24);5-8H2,1-4H3,(H,13,14)(H,15,16);1-4H3,(H3,9,10)(H3,11,12). The van der Waals surface area contributed by atoms with Gasteiger partial charge in [0, 0.05) is 25.2 Å². The Morgan fingerprint density at radius 2 is 0.982 bits per heavy atom. The molecule has 2 aliphatic rings. The van der Waals surface area contributed by atoms with Crippen molar-refractivity contribution in [3.05, 3.63) is 0 Å². The summed E-state index contributed by atoms with van der Waals surface area (Å²) in [6.45, 7) is 25.1. The van der Waals surface area contributed by atoms with Crippen molar-refractivity contribution in [2.45, 2.75) is 142 Å². The van der Waals surface area contributed by atoms with E-state index in [0.717, 1.165) is 37.9 Å². The molecule has 0 radical (unpaired) electrons. The fraction of sp³-hybridized carbons (Fsp3) is 0.771. The van der Waals surface area contributed by atoms with Gasteiger partial charge in [-0.3, -0.25) is 35.4 Å². The molecule has 2 rings (SSSR count). The third-order valence-corrected chi connectivity index (χ3v) is 8.27. The summed E-state index contributed by atoms with van der Waals surface area (Å²) in [5.74, 6) is 0.0179. The molecule has 2 heterocycles. The first kappa shape index (κ1) is 50.8. The molecule has 21 nitrogen and oxygen atoms in total. The minimum Gasteiger partial charge on any atom is -0.481 e. The zero-order chi connectivity index (χ0) is 43.8. The lowest BCUT2D eigenvalue weighted by Gasteiger charge is -2.23. The Balaban J connectivity index is 0.000000841. The van der Waals surface area contributed by atoms with Gasteiger partial charge in [-0.15, -0.1) is 0 Å². The van der Waals surface area contributed by atoms with Crippen LogP contribution in [0.25, 0.3) is 0 Å². The van der Waals surface area contributed by atoms with E-state index in [1.807, 2.05) is 27.7 Å². The second kappa shape index (κ2) is 21.2. The number of aliphatic imine (C=N–C) groups is 3. The maximum Gasteiger partial charge on any atom is 0.305 e. The van der Waals surface area contributed by atoms with E-state index in [2.05, 4.69) is 56.3 Å². The lowest BCUT2D eigenvalue weighted by Crippen LogP contribution is -2.41. The normalized spacial score (nSPS) is 15.6. The molecule has 0 bridgehead atoms. The smallest absolute Gasteiger partial charge is 0.305 e. The van der Waals surface area contributed by atoms with Gasteiger partial charge in [-0.1, -0.05) is 0 Å². The average Bonchev–Trinajstić information content (AvgIpc) is 3.83. The van der Waals surface area contributed by atoms with Crippen LogP contribution in [0.4, 0.5) is 0 Å². The highest BCUT2D eigenvalue weighted by Gasteiger charge is 2.32. The Bertz CT molecular complexity index is 1520. The molecule has 0 amide bonds. The van der Waals surface area contributed by atoms with E-state index in [1.165, 1.54) is 0 Å². The zero-order valence-corrected chi connectivity index (χ0v) is 35.3. The van der Waals surface area contributed by atoms with Crippen LogP contribution >= 0.6 is 0 Å². The monoisotopic (exact) mass is 790 g/mol. The average molecular weight is 790 g/mol. The molecule has 0 saturated carbocycles. The van der Waals surface area contributed by atoms with Crippen molar-refractivity contribution < 1.29 is 19.8 Å². The predicted octanol–water partition coefficient (Wildman–Crippen LogP) is 3.97. The highest BCUT2D eigenvalue weighted by atomic mass is 16.4. The van der Waals surface area contributed by atoms with Gasteiger partial charge in [-0.25, -0.2) is 0 Å². The lowest BCUT2D eigenvalue weighted by molar-refractivity contribution is -0.137. The zero-order valence-electron chi connectivity index (χ0n) is 35.3. The Morgan fingerprint density at radius 1 is 0.607 bits per heavy atom. The van der Waals surface area contributed by atoms with Crippen molar-refractivity contribution in [1.29, 1.82) is 16.2 Å². The first-order valence-corrected chi connectivity index (χ1v) is 18.3. The van der Waals surface area contributed by atoms with E-state index in [-0.39, 0.29) is 42.6 Å². The van der Waals surface area contributed by atoms with Gasteiger partial charge in [0.15, 0.2) is 0 Å². The molecule has 0 fully saturated rings. The van der Waals surface area contributed by atoms with Crippen molar-refractivity contribution >= 4 is 46.8 Å². The number of nitrogens with one attached hydrogen (secondary N) is 5. The first-order valence-electron chi connectivity index (χ1n) is 18.3. The number of carboxylic acids is 2. The molecule has 56 heavy (non-hydrogen) atoms. The number of rotatable bonds is 19. The molecule has 0 aromatic heterocycles. The van der Waals surface area contributed by atoms with Crippen molar-refractivity contribution in [3.63, 3.8) is 0 Å².